The Morgan fingerprint density at radius 1 is 0.967 bits per heavy atom. The summed E-state index contributed by atoms with van der Waals surface area (Å²) in [6.07, 6.45) is 3.29. The Morgan fingerprint density at radius 3 is 2.63 bits per heavy atom. The third-order valence-electron chi connectivity index (χ3n) is 6.34. The summed E-state index contributed by atoms with van der Waals surface area (Å²) in [4.78, 5) is 25.7. The molecule has 3 aliphatic rings. The van der Waals surface area contributed by atoms with Crippen molar-refractivity contribution in [3.8, 4) is 17.2 Å². The lowest BCUT2D eigenvalue weighted by molar-refractivity contribution is 0.0851. The van der Waals surface area contributed by atoms with Crippen LogP contribution < -0.4 is 19.8 Å². The summed E-state index contributed by atoms with van der Waals surface area (Å²) >= 11 is 0. The Hall–Kier alpha value is -3.28. The maximum atomic E-state index is 13.2. The molecule has 2 aromatic carbocycles. The third kappa shape index (κ3) is 2.49. The second kappa shape index (κ2) is 6.36. The topological polar surface area (TPSA) is 75.0 Å². The zero-order valence-corrected chi connectivity index (χ0v) is 16.6. The minimum absolute atomic E-state index is 0.0362. The van der Waals surface area contributed by atoms with Crippen LogP contribution in [-0.2, 0) is 12.8 Å². The van der Waals surface area contributed by atoms with Crippen molar-refractivity contribution < 1.29 is 23.4 Å². The quantitative estimate of drug-likeness (QED) is 0.559. The Labute approximate surface area is 172 Å². The highest BCUT2D eigenvalue weighted by atomic mass is 16.7. The van der Waals surface area contributed by atoms with Crippen LogP contribution in [0.15, 0.2) is 33.5 Å². The first-order valence-corrected chi connectivity index (χ1v) is 10.3. The van der Waals surface area contributed by atoms with Crippen LogP contribution in [0.1, 0.15) is 58.0 Å². The van der Waals surface area contributed by atoms with Gasteiger partial charge in [-0.2, -0.15) is 0 Å². The molecular weight excluding hydrogens is 384 g/mol. The summed E-state index contributed by atoms with van der Waals surface area (Å²) in [7, 11) is 0. The van der Waals surface area contributed by atoms with E-state index >= 15 is 0 Å². The van der Waals surface area contributed by atoms with E-state index in [1.165, 1.54) is 0 Å². The minimum Gasteiger partial charge on any atom is -0.484 e. The lowest BCUT2D eigenvalue weighted by Gasteiger charge is -2.29. The molecule has 0 spiro atoms. The van der Waals surface area contributed by atoms with E-state index in [2.05, 4.69) is 0 Å². The van der Waals surface area contributed by atoms with Crippen LogP contribution in [0.3, 0.4) is 0 Å². The van der Waals surface area contributed by atoms with E-state index in [1.807, 2.05) is 25.1 Å². The molecule has 0 radical (unpaired) electrons. The molecule has 0 N–H and O–H groups in total. The molecule has 1 atom stereocenters. The van der Waals surface area contributed by atoms with E-state index in [4.69, 9.17) is 18.6 Å². The smallest absolute Gasteiger partial charge is 0.339 e. The molecule has 2 aliphatic heterocycles. The van der Waals surface area contributed by atoms with Crippen LogP contribution in [-0.4, -0.2) is 12.6 Å². The van der Waals surface area contributed by atoms with E-state index in [0.717, 1.165) is 46.9 Å². The Morgan fingerprint density at radius 2 is 1.77 bits per heavy atom. The molecular formula is C24H20O6. The lowest BCUT2D eigenvalue weighted by atomic mass is 9.86. The largest absolute Gasteiger partial charge is 0.484 e. The molecule has 0 saturated heterocycles. The first-order valence-electron chi connectivity index (χ1n) is 10.3. The Bertz CT molecular complexity index is 1290. The Kier molecular flexibility index (Phi) is 3.72. The SMILES string of the molecule is Cc1cc2oc(=O)c3c(c2c2c1C(=O)C[C@@H](c1ccc4c(c1)OCO4)O2)CCCC3. The normalized spacial score (nSPS) is 19.4. The van der Waals surface area contributed by atoms with Gasteiger partial charge in [-0.15, -0.1) is 0 Å². The van der Waals surface area contributed by atoms with Crippen LogP contribution in [0.4, 0.5) is 0 Å². The molecule has 0 amide bonds. The highest BCUT2D eigenvalue weighted by molar-refractivity contribution is 6.07. The summed E-state index contributed by atoms with van der Waals surface area (Å²) in [5.74, 6) is 1.94. The molecule has 1 aromatic heterocycles. The zero-order chi connectivity index (χ0) is 20.4. The van der Waals surface area contributed by atoms with Crippen molar-refractivity contribution in [2.45, 2.75) is 45.1 Å². The second-order valence-electron chi connectivity index (χ2n) is 8.17. The van der Waals surface area contributed by atoms with Crippen molar-refractivity contribution >= 4 is 16.8 Å². The number of carbonyl (C=O) groups excluding carboxylic acids is 1. The van der Waals surface area contributed by atoms with Gasteiger partial charge in [-0.3, -0.25) is 4.79 Å². The summed E-state index contributed by atoms with van der Waals surface area (Å²) in [6.45, 7) is 2.06. The molecule has 0 bridgehead atoms. The summed E-state index contributed by atoms with van der Waals surface area (Å²) < 4.78 is 23.0. The van der Waals surface area contributed by atoms with Crippen LogP contribution in [0.5, 0.6) is 17.2 Å². The number of carbonyl (C=O) groups is 1. The number of fused-ring (bicyclic) bond motifs is 6. The van der Waals surface area contributed by atoms with E-state index in [9.17, 15) is 9.59 Å². The molecule has 1 aliphatic carbocycles. The van der Waals surface area contributed by atoms with Crippen molar-refractivity contribution in [1.82, 2.24) is 0 Å². The van der Waals surface area contributed by atoms with Crippen molar-refractivity contribution in [3.63, 3.8) is 0 Å². The third-order valence-corrected chi connectivity index (χ3v) is 6.34. The van der Waals surface area contributed by atoms with Gasteiger partial charge in [0.2, 0.25) is 6.79 Å². The predicted octanol–water partition coefficient (Wildman–Crippen LogP) is 4.42. The first kappa shape index (κ1) is 17.6. The predicted molar refractivity (Wildman–Crippen MR) is 109 cm³/mol. The van der Waals surface area contributed by atoms with Crippen LogP contribution in [0, 0.1) is 6.92 Å². The number of ether oxygens (including phenoxy) is 3. The van der Waals surface area contributed by atoms with E-state index in [1.54, 1.807) is 6.07 Å². The van der Waals surface area contributed by atoms with Gasteiger partial charge < -0.3 is 18.6 Å². The fourth-order valence-electron chi connectivity index (χ4n) is 4.91. The van der Waals surface area contributed by atoms with Crippen LogP contribution in [0.25, 0.3) is 11.0 Å². The molecule has 0 unspecified atom stereocenters. The fourth-order valence-corrected chi connectivity index (χ4v) is 4.91. The average Bonchev–Trinajstić information content (AvgIpc) is 3.21. The number of benzene rings is 2. The maximum Gasteiger partial charge on any atom is 0.339 e. The van der Waals surface area contributed by atoms with Crippen molar-refractivity contribution in [3.05, 3.63) is 62.5 Å². The highest BCUT2D eigenvalue weighted by Gasteiger charge is 2.34. The second-order valence-corrected chi connectivity index (χ2v) is 8.17. The van der Waals surface area contributed by atoms with Crippen LogP contribution in [0.2, 0.25) is 0 Å². The maximum absolute atomic E-state index is 13.2. The minimum atomic E-state index is -0.435. The van der Waals surface area contributed by atoms with E-state index < -0.39 is 6.10 Å². The average molecular weight is 404 g/mol. The molecule has 0 saturated carbocycles. The van der Waals surface area contributed by atoms with E-state index in [0.29, 0.717) is 34.8 Å². The van der Waals surface area contributed by atoms with Gasteiger partial charge in [0, 0.05) is 5.56 Å². The number of aryl methyl sites for hydroxylation is 2. The number of ketones is 1. The standard InChI is InChI=1S/C24H20O6/c1-12-8-20-22(14-4-2-3-5-15(14)24(26)30-20)23-21(12)16(25)10-18(29-23)13-6-7-17-19(9-13)28-11-27-17/h6-9,18H,2-5,10-11H2,1H3/t18-/m0/s1. The zero-order valence-electron chi connectivity index (χ0n) is 16.6. The number of rotatable bonds is 1. The molecule has 6 rings (SSSR count). The van der Waals surface area contributed by atoms with Crippen molar-refractivity contribution in [2.75, 3.05) is 6.79 Å². The van der Waals surface area contributed by atoms with E-state index in [-0.39, 0.29) is 24.6 Å². The molecule has 3 aromatic rings. The van der Waals surface area contributed by atoms with Crippen molar-refractivity contribution in [2.24, 2.45) is 0 Å². The van der Waals surface area contributed by atoms with Gasteiger partial charge in [-0.1, -0.05) is 6.07 Å². The summed E-state index contributed by atoms with van der Waals surface area (Å²) in [6, 6.07) is 7.42. The number of Topliss-reactive ketones (excluding diaryl/α,β-unsaturated/α-hetero) is 1. The number of hydrogen-bond acceptors (Lipinski definition) is 6. The van der Waals surface area contributed by atoms with Gasteiger partial charge in [0.1, 0.15) is 17.4 Å². The van der Waals surface area contributed by atoms with Gasteiger partial charge in [0.15, 0.2) is 17.3 Å². The van der Waals surface area contributed by atoms with Gasteiger partial charge in [0.05, 0.1) is 17.4 Å². The Balaban J connectivity index is 1.55. The molecule has 0 fully saturated rings. The molecule has 30 heavy (non-hydrogen) atoms. The fraction of sp³-hybridized carbons (Fsp3) is 0.333. The molecule has 152 valence electrons. The summed E-state index contributed by atoms with van der Waals surface area (Å²) in [5, 5.41) is 0.781. The highest BCUT2D eigenvalue weighted by Crippen LogP contribution is 2.45. The van der Waals surface area contributed by atoms with Crippen molar-refractivity contribution in [1.29, 1.82) is 0 Å². The van der Waals surface area contributed by atoms with Gasteiger partial charge >= 0.3 is 5.63 Å². The van der Waals surface area contributed by atoms with Gasteiger partial charge in [0.25, 0.3) is 0 Å². The van der Waals surface area contributed by atoms with Gasteiger partial charge in [-0.05, 0) is 67.5 Å². The molecule has 6 nitrogen and oxygen atoms in total. The molecule has 6 heteroatoms. The monoisotopic (exact) mass is 404 g/mol. The molecule has 3 heterocycles. The summed E-state index contributed by atoms with van der Waals surface area (Å²) in [5.41, 5.74) is 4.15. The van der Waals surface area contributed by atoms with Gasteiger partial charge in [-0.25, -0.2) is 4.79 Å². The first-order chi connectivity index (χ1) is 14.6. The van der Waals surface area contributed by atoms with Crippen LogP contribution >= 0.6 is 0 Å². The number of hydrogen-bond donors (Lipinski definition) is 0. The lowest BCUT2D eigenvalue weighted by Crippen LogP contribution is -2.23.